The molecule has 9 rings (SSSR count). The SMILES string of the molecule is CC1C(=O)C23c4ccccc4C(c4ccccc42)C2C=Cc4cc5ccccc5c1c4C23. The van der Waals surface area contributed by atoms with Gasteiger partial charge >= 0.3 is 0 Å². The fraction of sp³-hybridized carbons (Fsp3) is 0.194. The van der Waals surface area contributed by atoms with Crippen LogP contribution < -0.4 is 0 Å². The van der Waals surface area contributed by atoms with E-state index in [1.165, 1.54) is 49.7 Å². The number of hydrogen-bond donors (Lipinski definition) is 0. The molecule has 0 aliphatic heterocycles. The second kappa shape index (κ2) is 5.48. The summed E-state index contributed by atoms with van der Waals surface area (Å²) < 4.78 is 0. The van der Waals surface area contributed by atoms with Crippen LogP contribution in [0.1, 0.15) is 63.6 Å². The van der Waals surface area contributed by atoms with Gasteiger partial charge in [0, 0.05) is 17.8 Å². The molecule has 5 aliphatic rings. The Balaban J connectivity index is 1.60. The Morgan fingerprint density at radius 3 is 2.19 bits per heavy atom. The van der Waals surface area contributed by atoms with E-state index < -0.39 is 5.41 Å². The zero-order valence-electron chi connectivity index (χ0n) is 17.9. The van der Waals surface area contributed by atoms with Crippen molar-refractivity contribution in [1.29, 1.82) is 0 Å². The maximum Gasteiger partial charge on any atom is 0.155 e. The number of Topliss-reactive ketones (excluding diaryl/α,β-unsaturated/α-hetero) is 1. The van der Waals surface area contributed by atoms with Crippen LogP contribution in [-0.4, -0.2) is 5.78 Å². The molecule has 0 N–H and O–H groups in total. The highest BCUT2D eigenvalue weighted by molar-refractivity contribution is 6.08. The molecule has 152 valence electrons. The smallest absolute Gasteiger partial charge is 0.155 e. The van der Waals surface area contributed by atoms with Gasteiger partial charge in [-0.15, -0.1) is 0 Å². The third kappa shape index (κ3) is 1.65. The first-order valence-electron chi connectivity index (χ1n) is 11.7. The highest BCUT2D eigenvalue weighted by Crippen LogP contribution is 2.70. The van der Waals surface area contributed by atoms with Crippen LogP contribution in [0.3, 0.4) is 0 Å². The van der Waals surface area contributed by atoms with Gasteiger partial charge in [-0.25, -0.2) is 0 Å². The number of fused-ring (bicyclic) bond motifs is 2. The van der Waals surface area contributed by atoms with Crippen molar-refractivity contribution in [2.45, 2.75) is 30.1 Å². The second-order valence-electron chi connectivity index (χ2n) is 9.97. The molecule has 0 fully saturated rings. The Morgan fingerprint density at radius 1 is 0.781 bits per heavy atom. The molecular weight excluding hydrogens is 388 g/mol. The first kappa shape index (κ1) is 17.1. The monoisotopic (exact) mass is 410 g/mol. The summed E-state index contributed by atoms with van der Waals surface area (Å²) in [7, 11) is 0. The average Bonchev–Trinajstić information content (AvgIpc) is 2.85. The normalized spacial score (nSPS) is 30.1. The Morgan fingerprint density at radius 2 is 1.44 bits per heavy atom. The molecule has 0 aromatic heterocycles. The third-order valence-electron chi connectivity index (χ3n) is 8.86. The Kier molecular flexibility index (Phi) is 2.93. The van der Waals surface area contributed by atoms with Crippen molar-refractivity contribution in [2.24, 2.45) is 5.92 Å². The fourth-order valence-corrected chi connectivity index (χ4v) is 7.90. The van der Waals surface area contributed by atoms with Crippen molar-refractivity contribution in [3.63, 3.8) is 0 Å². The molecule has 0 radical (unpaired) electrons. The minimum absolute atomic E-state index is 0.144. The van der Waals surface area contributed by atoms with Crippen LogP contribution in [0.2, 0.25) is 0 Å². The summed E-state index contributed by atoms with van der Waals surface area (Å²) in [5, 5.41) is 2.49. The summed E-state index contributed by atoms with van der Waals surface area (Å²) in [5.74, 6) is 1.01. The molecule has 0 saturated heterocycles. The van der Waals surface area contributed by atoms with E-state index in [9.17, 15) is 4.79 Å². The number of carbonyl (C=O) groups excluding carboxylic acids is 1. The number of rotatable bonds is 0. The van der Waals surface area contributed by atoms with Crippen molar-refractivity contribution >= 4 is 22.6 Å². The molecule has 0 heterocycles. The van der Waals surface area contributed by atoms with E-state index in [0.717, 1.165) is 0 Å². The Labute approximate surface area is 187 Å². The average molecular weight is 411 g/mol. The summed E-state index contributed by atoms with van der Waals surface area (Å²) in [6.07, 6.45) is 4.76. The minimum Gasteiger partial charge on any atom is -0.298 e. The van der Waals surface area contributed by atoms with Gasteiger partial charge in [-0.3, -0.25) is 4.79 Å². The highest BCUT2D eigenvalue weighted by atomic mass is 16.1. The van der Waals surface area contributed by atoms with Crippen molar-refractivity contribution in [3.05, 3.63) is 124 Å². The lowest BCUT2D eigenvalue weighted by atomic mass is 9.40. The number of ketones is 1. The van der Waals surface area contributed by atoms with Crippen molar-refractivity contribution in [1.82, 2.24) is 0 Å². The van der Waals surface area contributed by atoms with E-state index in [1.807, 2.05) is 0 Å². The van der Waals surface area contributed by atoms with Gasteiger partial charge in [-0.05, 0) is 61.7 Å². The van der Waals surface area contributed by atoms with Gasteiger partial charge in [0.25, 0.3) is 0 Å². The van der Waals surface area contributed by atoms with Gasteiger partial charge in [0.05, 0.1) is 5.41 Å². The topological polar surface area (TPSA) is 17.1 Å². The van der Waals surface area contributed by atoms with Gasteiger partial charge < -0.3 is 0 Å². The van der Waals surface area contributed by atoms with Crippen molar-refractivity contribution in [2.75, 3.05) is 0 Å². The van der Waals surface area contributed by atoms with E-state index in [4.69, 9.17) is 0 Å². The van der Waals surface area contributed by atoms with Crippen LogP contribution in [0, 0.1) is 5.92 Å². The first-order valence-corrected chi connectivity index (χ1v) is 11.7. The molecule has 0 amide bonds. The number of allylic oxidation sites excluding steroid dienone is 1. The van der Waals surface area contributed by atoms with E-state index in [2.05, 4.69) is 97.9 Å². The molecule has 3 unspecified atom stereocenters. The predicted molar refractivity (Wildman–Crippen MR) is 128 cm³/mol. The molecule has 1 spiro atoms. The van der Waals surface area contributed by atoms with Gasteiger partial charge in [0.1, 0.15) is 0 Å². The molecule has 0 saturated carbocycles. The van der Waals surface area contributed by atoms with Gasteiger partial charge in [-0.2, -0.15) is 0 Å². The van der Waals surface area contributed by atoms with Crippen molar-refractivity contribution in [3.8, 4) is 0 Å². The van der Waals surface area contributed by atoms with E-state index in [-0.39, 0.29) is 11.8 Å². The molecule has 3 atom stereocenters. The minimum atomic E-state index is -0.596. The van der Waals surface area contributed by atoms with E-state index in [0.29, 0.717) is 17.6 Å². The zero-order chi connectivity index (χ0) is 21.2. The van der Waals surface area contributed by atoms with E-state index in [1.54, 1.807) is 0 Å². The molecular formula is C31H22O. The maximum absolute atomic E-state index is 14.7. The summed E-state index contributed by atoms with van der Waals surface area (Å²) in [6.45, 7) is 2.15. The molecule has 1 nitrogen and oxygen atoms in total. The Bertz CT molecular complexity index is 1490. The molecule has 4 aromatic carbocycles. The van der Waals surface area contributed by atoms with Crippen molar-refractivity contribution < 1.29 is 4.79 Å². The highest BCUT2D eigenvalue weighted by Gasteiger charge is 2.66. The molecule has 32 heavy (non-hydrogen) atoms. The summed E-state index contributed by atoms with van der Waals surface area (Å²) in [5.41, 5.74) is 8.62. The van der Waals surface area contributed by atoms with Crippen LogP contribution in [0.15, 0.2) is 84.9 Å². The summed E-state index contributed by atoms with van der Waals surface area (Å²) in [6, 6.07) is 28.5. The fourth-order valence-electron chi connectivity index (χ4n) is 7.90. The van der Waals surface area contributed by atoms with Gasteiger partial charge in [-0.1, -0.05) is 91.9 Å². The molecule has 1 heteroatoms. The number of hydrogen-bond acceptors (Lipinski definition) is 1. The first-order chi connectivity index (χ1) is 15.7. The third-order valence-corrected chi connectivity index (χ3v) is 8.86. The number of benzene rings is 4. The predicted octanol–water partition coefficient (Wildman–Crippen LogP) is 6.70. The number of carbonyl (C=O) groups is 1. The largest absolute Gasteiger partial charge is 0.298 e. The lowest BCUT2D eigenvalue weighted by molar-refractivity contribution is -0.127. The zero-order valence-corrected chi connectivity index (χ0v) is 17.9. The maximum atomic E-state index is 14.7. The van der Waals surface area contributed by atoms with Crippen LogP contribution in [0.5, 0.6) is 0 Å². The van der Waals surface area contributed by atoms with Crippen LogP contribution >= 0.6 is 0 Å². The lowest BCUT2D eigenvalue weighted by Crippen LogP contribution is -2.58. The van der Waals surface area contributed by atoms with Crippen LogP contribution in [0.4, 0.5) is 0 Å². The lowest BCUT2D eigenvalue weighted by Gasteiger charge is -2.61. The Hall–Kier alpha value is -3.45. The van der Waals surface area contributed by atoms with Gasteiger partial charge in [0.15, 0.2) is 5.78 Å². The molecule has 2 bridgehead atoms. The molecule has 5 aliphatic carbocycles. The standard InChI is InChI=1S/C31H22O/c1-17-26-20-9-3-2-8-18(20)16-19-14-15-23-28-21-10-4-6-12-24(21)31(30(17)32,29(23)27(19)26)25-13-7-5-11-22(25)28/h2-17,23,28-29H,1H3. The van der Waals surface area contributed by atoms with E-state index >= 15 is 0 Å². The van der Waals surface area contributed by atoms with Crippen LogP contribution in [-0.2, 0) is 10.2 Å². The summed E-state index contributed by atoms with van der Waals surface area (Å²) >= 11 is 0. The van der Waals surface area contributed by atoms with Gasteiger partial charge in [0.2, 0.25) is 0 Å². The molecule has 4 aromatic rings. The second-order valence-corrected chi connectivity index (χ2v) is 9.97. The summed E-state index contributed by atoms with van der Waals surface area (Å²) in [4.78, 5) is 14.7. The quantitative estimate of drug-likeness (QED) is 0.315. The van der Waals surface area contributed by atoms with Crippen LogP contribution in [0.25, 0.3) is 16.8 Å².